The van der Waals surface area contributed by atoms with Crippen molar-refractivity contribution in [3.8, 4) is 0 Å². The number of aromatic nitrogens is 2. The molecule has 0 saturated heterocycles. The SMILES string of the molecule is C=CCNC(=O)c1cc(C)nc(Nc2ccccc2C(C)(C)C)n1. The lowest BCUT2D eigenvalue weighted by Gasteiger charge is -2.23. The van der Waals surface area contributed by atoms with Crippen LogP contribution in [-0.2, 0) is 5.41 Å². The highest BCUT2D eigenvalue weighted by atomic mass is 16.1. The molecule has 0 aliphatic carbocycles. The first-order valence-electron chi connectivity index (χ1n) is 7.92. The molecule has 2 aromatic rings. The Kier molecular flexibility index (Phi) is 5.34. The maximum Gasteiger partial charge on any atom is 0.270 e. The first-order chi connectivity index (χ1) is 11.3. The van der Waals surface area contributed by atoms with Crippen LogP contribution in [0.4, 0.5) is 11.6 Å². The summed E-state index contributed by atoms with van der Waals surface area (Å²) in [7, 11) is 0. The number of rotatable bonds is 5. The molecule has 1 aromatic carbocycles. The molecule has 5 nitrogen and oxygen atoms in total. The van der Waals surface area contributed by atoms with Crippen LogP contribution in [-0.4, -0.2) is 22.4 Å². The Morgan fingerprint density at radius 1 is 1.25 bits per heavy atom. The van der Waals surface area contributed by atoms with Gasteiger partial charge in [-0.05, 0) is 30.0 Å². The van der Waals surface area contributed by atoms with Crippen LogP contribution >= 0.6 is 0 Å². The summed E-state index contributed by atoms with van der Waals surface area (Å²) in [6, 6.07) is 9.71. The second kappa shape index (κ2) is 7.25. The highest BCUT2D eigenvalue weighted by Gasteiger charge is 2.18. The molecule has 126 valence electrons. The Morgan fingerprint density at radius 3 is 2.62 bits per heavy atom. The van der Waals surface area contributed by atoms with E-state index in [4.69, 9.17) is 0 Å². The van der Waals surface area contributed by atoms with E-state index in [9.17, 15) is 4.79 Å². The van der Waals surface area contributed by atoms with Crippen molar-refractivity contribution in [1.29, 1.82) is 0 Å². The standard InChI is InChI=1S/C19H24N4O/c1-6-11-20-17(24)16-12-13(2)21-18(23-16)22-15-10-8-7-9-14(15)19(3,4)5/h6-10,12H,1,11H2,2-5H3,(H,20,24)(H,21,22,23). The number of aryl methyl sites for hydroxylation is 1. The molecule has 0 fully saturated rings. The van der Waals surface area contributed by atoms with Crippen molar-refractivity contribution in [2.75, 3.05) is 11.9 Å². The summed E-state index contributed by atoms with van der Waals surface area (Å²) in [6.07, 6.45) is 1.63. The third-order valence-corrected chi connectivity index (χ3v) is 3.48. The molecular weight excluding hydrogens is 300 g/mol. The van der Waals surface area contributed by atoms with Gasteiger partial charge in [-0.3, -0.25) is 4.79 Å². The van der Waals surface area contributed by atoms with Crippen LogP contribution in [0.15, 0.2) is 43.0 Å². The van der Waals surface area contributed by atoms with Gasteiger partial charge in [0.15, 0.2) is 0 Å². The van der Waals surface area contributed by atoms with Crippen molar-refractivity contribution >= 4 is 17.5 Å². The van der Waals surface area contributed by atoms with Crippen LogP contribution in [0.1, 0.15) is 42.5 Å². The number of anilines is 2. The second-order valence-electron chi connectivity index (χ2n) is 6.64. The predicted octanol–water partition coefficient (Wildman–Crippen LogP) is 3.74. The Labute approximate surface area is 143 Å². The molecule has 0 spiro atoms. The summed E-state index contributed by atoms with van der Waals surface area (Å²) in [6.45, 7) is 12.3. The van der Waals surface area contributed by atoms with Crippen LogP contribution in [0.25, 0.3) is 0 Å². The number of hydrogen-bond donors (Lipinski definition) is 2. The average Bonchev–Trinajstić information content (AvgIpc) is 2.51. The number of nitrogens with zero attached hydrogens (tertiary/aromatic N) is 2. The van der Waals surface area contributed by atoms with Crippen molar-refractivity contribution in [3.63, 3.8) is 0 Å². The normalized spacial score (nSPS) is 11.0. The van der Waals surface area contributed by atoms with Gasteiger partial charge in [-0.25, -0.2) is 9.97 Å². The molecule has 24 heavy (non-hydrogen) atoms. The minimum atomic E-state index is -0.243. The number of hydrogen-bond acceptors (Lipinski definition) is 4. The smallest absolute Gasteiger partial charge is 0.270 e. The minimum Gasteiger partial charge on any atom is -0.347 e. The Hall–Kier alpha value is -2.69. The van der Waals surface area contributed by atoms with Crippen molar-refractivity contribution in [3.05, 3.63) is 59.9 Å². The van der Waals surface area contributed by atoms with E-state index in [1.807, 2.05) is 25.1 Å². The van der Waals surface area contributed by atoms with Gasteiger partial charge < -0.3 is 10.6 Å². The van der Waals surface area contributed by atoms with Gasteiger partial charge in [0.1, 0.15) is 5.69 Å². The minimum absolute atomic E-state index is 0.0163. The maximum absolute atomic E-state index is 12.1. The van der Waals surface area contributed by atoms with Crippen molar-refractivity contribution < 1.29 is 4.79 Å². The summed E-state index contributed by atoms with van der Waals surface area (Å²) < 4.78 is 0. The summed E-state index contributed by atoms with van der Waals surface area (Å²) in [5.74, 6) is 0.169. The number of nitrogens with one attached hydrogen (secondary N) is 2. The van der Waals surface area contributed by atoms with E-state index in [2.05, 4.69) is 54.0 Å². The molecule has 0 aliphatic heterocycles. The lowest BCUT2D eigenvalue weighted by Crippen LogP contribution is -2.25. The molecule has 0 unspecified atom stereocenters. The molecule has 0 bridgehead atoms. The summed E-state index contributed by atoms with van der Waals surface area (Å²) in [5.41, 5.74) is 3.14. The lowest BCUT2D eigenvalue weighted by atomic mass is 9.86. The van der Waals surface area contributed by atoms with Crippen LogP contribution < -0.4 is 10.6 Å². The lowest BCUT2D eigenvalue weighted by molar-refractivity contribution is 0.0953. The van der Waals surface area contributed by atoms with Crippen LogP contribution in [0, 0.1) is 6.92 Å². The van der Waals surface area contributed by atoms with E-state index in [0.29, 0.717) is 18.2 Å². The van der Waals surface area contributed by atoms with Gasteiger partial charge in [0.2, 0.25) is 5.95 Å². The second-order valence-corrected chi connectivity index (χ2v) is 6.64. The fourth-order valence-corrected chi connectivity index (χ4v) is 2.36. The predicted molar refractivity (Wildman–Crippen MR) is 97.7 cm³/mol. The van der Waals surface area contributed by atoms with E-state index < -0.39 is 0 Å². The molecule has 2 N–H and O–H groups in total. The van der Waals surface area contributed by atoms with E-state index in [1.165, 1.54) is 0 Å². The van der Waals surface area contributed by atoms with Crippen LogP contribution in [0.3, 0.4) is 0 Å². The zero-order chi connectivity index (χ0) is 17.7. The summed E-state index contributed by atoms with van der Waals surface area (Å²) >= 11 is 0. The van der Waals surface area contributed by atoms with Gasteiger partial charge in [-0.2, -0.15) is 0 Å². The van der Waals surface area contributed by atoms with Crippen molar-refractivity contribution in [2.45, 2.75) is 33.1 Å². The first kappa shape index (κ1) is 17.7. The summed E-state index contributed by atoms with van der Waals surface area (Å²) in [5, 5.41) is 5.98. The average molecular weight is 324 g/mol. The fourth-order valence-electron chi connectivity index (χ4n) is 2.36. The largest absolute Gasteiger partial charge is 0.347 e. The van der Waals surface area contributed by atoms with E-state index in [1.54, 1.807) is 12.1 Å². The van der Waals surface area contributed by atoms with Gasteiger partial charge in [0, 0.05) is 17.9 Å². The van der Waals surface area contributed by atoms with Gasteiger partial charge in [0.25, 0.3) is 5.91 Å². The first-order valence-corrected chi connectivity index (χ1v) is 7.92. The van der Waals surface area contributed by atoms with Crippen LogP contribution in [0.5, 0.6) is 0 Å². The number of carbonyl (C=O) groups is 1. The Balaban J connectivity index is 2.33. The molecule has 1 aromatic heterocycles. The number of amides is 1. The molecule has 1 amide bonds. The Morgan fingerprint density at radius 2 is 1.96 bits per heavy atom. The van der Waals surface area contributed by atoms with E-state index in [0.717, 1.165) is 16.9 Å². The maximum atomic E-state index is 12.1. The monoisotopic (exact) mass is 324 g/mol. The zero-order valence-corrected chi connectivity index (χ0v) is 14.7. The molecule has 5 heteroatoms. The Bertz CT molecular complexity index is 747. The van der Waals surface area contributed by atoms with Crippen molar-refractivity contribution in [2.24, 2.45) is 0 Å². The van der Waals surface area contributed by atoms with Crippen molar-refractivity contribution in [1.82, 2.24) is 15.3 Å². The van der Waals surface area contributed by atoms with Gasteiger partial charge in [-0.15, -0.1) is 6.58 Å². The molecule has 0 radical (unpaired) electrons. The number of carbonyl (C=O) groups excluding carboxylic acids is 1. The molecular formula is C19H24N4O. The number of para-hydroxylation sites is 1. The molecule has 0 atom stereocenters. The molecule has 0 saturated carbocycles. The topological polar surface area (TPSA) is 66.9 Å². The van der Waals surface area contributed by atoms with Gasteiger partial charge in [0.05, 0.1) is 0 Å². The molecule has 0 aliphatic rings. The van der Waals surface area contributed by atoms with E-state index in [-0.39, 0.29) is 11.3 Å². The molecule has 2 rings (SSSR count). The fraction of sp³-hybridized carbons (Fsp3) is 0.316. The highest BCUT2D eigenvalue weighted by molar-refractivity contribution is 5.92. The van der Waals surface area contributed by atoms with E-state index >= 15 is 0 Å². The van der Waals surface area contributed by atoms with Crippen LogP contribution in [0.2, 0.25) is 0 Å². The third kappa shape index (κ3) is 4.41. The summed E-state index contributed by atoms with van der Waals surface area (Å²) in [4.78, 5) is 20.8. The zero-order valence-electron chi connectivity index (χ0n) is 14.7. The molecule has 1 heterocycles. The number of benzene rings is 1. The highest BCUT2D eigenvalue weighted by Crippen LogP contribution is 2.30. The third-order valence-electron chi connectivity index (χ3n) is 3.48. The van der Waals surface area contributed by atoms with Gasteiger partial charge >= 0.3 is 0 Å². The quantitative estimate of drug-likeness (QED) is 0.822. The van der Waals surface area contributed by atoms with Gasteiger partial charge in [-0.1, -0.05) is 45.0 Å².